The first-order chi connectivity index (χ1) is 12.7. The van der Waals surface area contributed by atoms with Crippen molar-refractivity contribution < 1.29 is 28.1 Å². The number of halogens is 3. The molecular weight excluding hydrogens is 363 g/mol. The Balaban J connectivity index is 2.19. The molecule has 0 radical (unpaired) electrons. The summed E-state index contributed by atoms with van der Waals surface area (Å²) in [5.74, 6) is -3.41. The molecule has 0 spiro atoms. The van der Waals surface area contributed by atoms with Crippen molar-refractivity contribution in [1.82, 2.24) is 4.57 Å². The maximum atomic E-state index is 14.2. The summed E-state index contributed by atoms with van der Waals surface area (Å²) in [6, 6.07) is 6.30. The zero-order chi connectivity index (χ0) is 19.8. The number of ether oxygens (including phenoxy) is 1. The lowest BCUT2D eigenvalue weighted by atomic mass is 9.83. The van der Waals surface area contributed by atoms with E-state index in [9.17, 15) is 23.4 Å². The number of alkyl halides is 2. The van der Waals surface area contributed by atoms with Gasteiger partial charge in [0.1, 0.15) is 11.9 Å². The van der Waals surface area contributed by atoms with Crippen LogP contribution in [0.3, 0.4) is 0 Å². The highest BCUT2D eigenvalue weighted by atomic mass is 19.3. The number of pyridine rings is 1. The fraction of sp³-hybridized carbons (Fsp3) is 0.333. The standard InChI is InChI=1S/C18H16F3N3O3/c1-24-9-10(8-22)7-14(27-17(20)21)16(24)23-13-5-6-18(25,26)15-11(13)3-2-4-12(15)19/h2-4,7,9,13,17,25-26H,5-6H2,1H3/b23-16-. The van der Waals surface area contributed by atoms with Crippen LogP contribution in [0.25, 0.3) is 0 Å². The number of aryl methyl sites for hydroxylation is 1. The molecule has 0 amide bonds. The molecule has 1 aromatic carbocycles. The number of benzene rings is 1. The molecule has 27 heavy (non-hydrogen) atoms. The molecule has 2 N–H and O–H groups in total. The van der Waals surface area contributed by atoms with Crippen LogP contribution in [-0.4, -0.2) is 21.4 Å². The highest BCUT2D eigenvalue weighted by molar-refractivity contribution is 5.38. The Bertz CT molecular complexity index is 980. The van der Waals surface area contributed by atoms with Gasteiger partial charge in [0, 0.05) is 25.7 Å². The van der Waals surface area contributed by atoms with Gasteiger partial charge in [0.15, 0.2) is 17.0 Å². The predicted octanol–water partition coefficient (Wildman–Crippen LogP) is 2.21. The zero-order valence-electron chi connectivity index (χ0n) is 14.2. The van der Waals surface area contributed by atoms with E-state index < -0.39 is 24.3 Å². The van der Waals surface area contributed by atoms with Crippen LogP contribution in [0.5, 0.6) is 5.75 Å². The van der Waals surface area contributed by atoms with E-state index in [4.69, 9.17) is 5.26 Å². The number of fused-ring (bicyclic) bond motifs is 1. The van der Waals surface area contributed by atoms with Crippen molar-refractivity contribution >= 4 is 0 Å². The molecule has 1 atom stereocenters. The summed E-state index contributed by atoms with van der Waals surface area (Å²) in [6.45, 7) is -3.12. The van der Waals surface area contributed by atoms with Gasteiger partial charge in [0.2, 0.25) is 0 Å². The van der Waals surface area contributed by atoms with Crippen molar-refractivity contribution in [3.05, 3.63) is 58.5 Å². The number of hydrogen-bond acceptors (Lipinski definition) is 5. The number of aromatic nitrogens is 1. The number of rotatable bonds is 3. The van der Waals surface area contributed by atoms with Crippen molar-refractivity contribution in [2.45, 2.75) is 31.3 Å². The van der Waals surface area contributed by atoms with Crippen molar-refractivity contribution in [3.63, 3.8) is 0 Å². The molecule has 1 aromatic heterocycles. The first-order valence-corrected chi connectivity index (χ1v) is 8.06. The largest absolute Gasteiger partial charge is 0.431 e. The quantitative estimate of drug-likeness (QED) is 0.800. The molecule has 0 saturated carbocycles. The monoisotopic (exact) mass is 379 g/mol. The van der Waals surface area contributed by atoms with Crippen LogP contribution in [0.2, 0.25) is 0 Å². The van der Waals surface area contributed by atoms with E-state index in [0.717, 1.165) is 12.1 Å². The maximum absolute atomic E-state index is 14.2. The van der Waals surface area contributed by atoms with Crippen LogP contribution in [-0.2, 0) is 12.8 Å². The first-order valence-electron chi connectivity index (χ1n) is 8.06. The van der Waals surface area contributed by atoms with E-state index in [0.29, 0.717) is 0 Å². The number of nitrogens with zero attached hydrogens (tertiary/aromatic N) is 3. The van der Waals surface area contributed by atoms with Crippen LogP contribution in [0.15, 0.2) is 35.5 Å². The minimum atomic E-state index is -3.12. The van der Waals surface area contributed by atoms with Gasteiger partial charge in [-0.05, 0) is 18.1 Å². The summed E-state index contributed by atoms with van der Waals surface area (Å²) in [5, 5.41) is 29.2. The summed E-state index contributed by atoms with van der Waals surface area (Å²) < 4.78 is 45.6. The predicted molar refractivity (Wildman–Crippen MR) is 86.8 cm³/mol. The molecule has 1 heterocycles. The van der Waals surface area contributed by atoms with E-state index in [2.05, 4.69) is 9.73 Å². The number of nitriles is 1. The molecule has 9 heteroatoms. The normalized spacial score (nSPS) is 18.9. The molecule has 142 valence electrons. The molecular formula is C18H16F3N3O3. The van der Waals surface area contributed by atoms with Gasteiger partial charge in [-0.25, -0.2) is 4.39 Å². The van der Waals surface area contributed by atoms with E-state index in [1.54, 1.807) is 0 Å². The topological polar surface area (TPSA) is 90.8 Å². The second kappa shape index (κ2) is 7.06. The summed E-state index contributed by atoms with van der Waals surface area (Å²) in [6.07, 6.45) is 1.37. The van der Waals surface area contributed by atoms with E-state index >= 15 is 0 Å². The molecule has 1 aliphatic rings. The van der Waals surface area contributed by atoms with Gasteiger partial charge in [-0.1, -0.05) is 12.1 Å². The van der Waals surface area contributed by atoms with Gasteiger partial charge in [0.25, 0.3) is 0 Å². The lowest BCUT2D eigenvalue weighted by Crippen LogP contribution is -2.33. The minimum absolute atomic E-state index is 0.0258. The molecule has 0 saturated heterocycles. The maximum Gasteiger partial charge on any atom is 0.387 e. The molecule has 0 fully saturated rings. The zero-order valence-corrected chi connectivity index (χ0v) is 14.2. The SMILES string of the molecule is Cn1cc(C#N)cc(OC(F)F)/c1=N/C1CCC(O)(O)c2c(F)cccc21. The second-order valence-electron chi connectivity index (χ2n) is 6.22. The fourth-order valence-electron chi connectivity index (χ4n) is 3.23. The highest BCUT2D eigenvalue weighted by Crippen LogP contribution is 2.41. The molecule has 1 unspecified atom stereocenters. The Morgan fingerprint density at radius 1 is 1.41 bits per heavy atom. The van der Waals surface area contributed by atoms with Gasteiger partial charge in [-0.15, -0.1) is 0 Å². The smallest absolute Gasteiger partial charge is 0.387 e. The van der Waals surface area contributed by atoms with Gasteiger partial charge in [-0.2, -0.15) is 14.0 Å². The third kappa shape index (κ3) is 3.67. The van der Waals surface area contributed by atoms with Gasteiger partial charge < -0.3 is 19.5 Å². The van der Waals surface area contributed by atoms with Crippen LogP contribution in [0.1, 0.15) is 35.6 Å². The summed E-state index contributed by atoms with van der Waals surface area (Å²) in [7, 11) is 1.51. The highest BCUT2D eigenvalue weighted by Gasteiger charge is 2.39. The van der Waals surface area contributed by atoms with Crippen LogP contribution >= 0.6 is 0 Å². The van der Waals surface area contributed by atoms with Gasteiger partial charge in [-0.3, -0.25) is 4.99 Å². The first kappa shape index (κ1) is 18.9. The van der Waals surface area contributed by atoms with Crippen LogP contribution < -0.4 is 10.2 Å². The summed E-state index contributed by atoms with van der Waals surface area (Å²) >= 11 is 0. The van der Waals surface area contributed by atoms with Crippen LogP contribution in [0, 0.1) is 17.1 Å². The Hall–Kier alpha value is -2.83. The lowest BCUT2D eigenvalue weighted by molar-refractivity contribution is -0.182. The fourth-order valence-corrected chi connectivity index (χ4v) is 3.23. The number of hydrogen-bond donors (Lipinski definition) is 2. The molecule has 0 aliphatic heterocycles. The average Bonchev–Trinajstić information content (AvgIpc) is 2.58. The van der Waals surface area contributed by atoms with Crippen LogP contribution in [0.4, 0.5) is 13.2 Å². The minimum Gasteiger partial charge on any atom is -0.431 e. The van der Waals surface area contributed by atoms with E-state index in [1.807, 2.05) is 6.07 Å². The summed E-state index contributed by atoms with van der Waals surface area (Å²) in [4.78, 5) is 4.40. The van der Waals surface area contributed by atoms with Gasteiger partial charge in [0.05, 0.1) is 17.2 Å². The molecule has 6 nitrogen and oxygen atoms in total. The Morgan fingerprint density at radius 2 is 2.15 bits per heavy atom. The Kier molecular flexibility index (Phi) is 4.95. The molecule has 1 aliphatic carbocycles. The Morgan fingerprint density at radius 3 is 2.81 bits per heavy atom. The lowest BCUT2D eigenvalue weighted by Gasteiger charge is -2.33. The van der Waals surface area contributed by atoms with Gasteiger partial charge >= 0.3 is 6.61 Å². The third-order valence-electron chi connectivity index (χ3n) is 4.37. The second-order valence-corrected chi connectivity index (χ2v) is 6.22. The molecule has 0 bridgehead atoms. The van der Waals surface area contributed by atoms with Crippen molar-refractivity contribution in [3.8, 4) is 11.8 Å². The molecule has 3 rings (SSSR count). The Labute approximate surface area is 152 Å². The van der Waals surface area contributed by atoms with E-state index in [-0.39, 0.29) is 40.8 Å². The summed E-state index contributed by atoms with van der Waals surface area (Å²) in [5.41, 5.74) is 0.0982. The van der Waals surface area contributed by atoms with Crippen molar-refractivity contribution in [2.75, 3.05) is 0 Å². The number of aliphatic hydroxyl groups is 2. The third-order valence-corrected chi connectivity index (χ3v) is 4.37. The van der Waals surface area contributed by atoms with E-state index in [1.165, 1.54) is 29.9 Å². The van der Waals surface area contributed by atoms with Crippen molar-refractivity contribution in [2.24, 2.45) is 12.0 Å². The molecule has 2 aromatic rings. The average molecular weight is 379 g/mol. The van der Waals surface area contributed by atoms with Crippen molar-refractivity contribution in [1.29, 1.82) is 5.26 Å².